The summed E-state index contributed by atoms with van der Waals surface area (Å²) in [6.07, 6.45) is 2.38. The molecule has 0 aliphatic carbocycles. The van der Waals surface area contributed by atoms with Crippen LogP contribution in [0.25, 0.3) is 0 Å². The number of anilines is 1. The number of nitrogens with one attached hydrogen (secondary N) is 1. The first-order valence-electron chi connectivity index (χ1n) is 9.87. The summed E-state index contributed by atoms with van der Waals surface area (Å²) in [5, 5.41) is 6.83. The van der Waals surface area contributed by atoms with Gasteiger partial charge in [0.15, 0.2) is 5.82 Å². The van der Waals surface area contributed by atoms with E-state index in [0.717, 1.165) is 24.8 Å². The fourth-order valence-electron chi connectivity index (χ4n) is 3.38. The summed E-state index contributed by atoms with van der Waals surface area (Å²) in [5.74, 6) is 1.33. The molecule has 7 nitrogen and oxygen atoms in total. The van der Waals surface area contributed by atoms with Crippen LogP contribution >= 0.6 is 0 Å². The van der Waals surface area contributed by atoms with E-state index in [2.05, 4.69) is 29.3 Å². The quantitative estimate of drug-likeness (QED) is 0.772. The Hall–Kier alpha value is -2.70. The molecule has 0 radical (unpaired) electrons. The van der Waals surface area contributed by atoms with Crippen molar-refractivity contribution in [2.24, 2.45) is 5.92 Å². The molecule has 2 heterocycles. The Morgan fingerprint density at radius 3 is 2.75 bits per heavy atom. The molecule has 1 aromatic carbocycles. The van der Waals surface area contributed by atoms with Crippen molar-refractivity contribution in [1.29, 1.82) is 0 Å². The van der Waals surface area contributed by atoms with Crippen molar-refractivity contribution in [3.63, 3.8) is 0 Å². The van der Waals surface area contributed by atoms with E-state index in [1.54, 1.807) is 4.90 Å². The highest BCUT2D eigenvalue weighted by atomic mass is 16.5. The van der Waals surface area contributed by atoms with Gasteiger partial charge in [0.25, 0.3) is 0 Å². The van der Waals surface area contributed by atoms with Crippen molar-refractivity contribution in [3.8, 4) is 0 Å². The summed E-state index contributed by atoms with van der Waals surface area (Å²) in [5.41, 5.74) is 1.81. The Labute approximate surface area is 165 Å². The molecule has 7 heteroatoms. The molecule has 0 bridgehead atoms. The highest BCUT2D eigenvalue weighted by Crippen LogP contribution is 2.26. The first-order chi connectivity index (χ1) is 13.4. The van der Waals surface area contributed by atoms with Gasteiger partial charge in [-0.3, -0.25) is 9.59 Å². The van der Waals surface area contributed by atoms with Gasteiger partial charge in [0, 0.05) is 25.2 Å². The molecular formula is C21H28N4O3. The number of amides is 2. The Morgan fingerprint density at radius 1 is 1.29 bits per heavy atom. The molecule has 2 aromatic rings. The van der Waals surface area contributed by atoms with Crippen LogP contribution in [0.4, 0.5) is 5.69 Å². The molecule has 0 spiro atoms. The summed E-state index contributed by atoms with van der Waals surface area (Å²) in [7, 11) is 0. The van der Waals surface area contributed by atoms with Crippen LogP contribution in [0.15, 0.2) is 28.8 Å². The van der Waals surface area contributed by atoms with Gasteiger partial charge in [-0.05, 0) is 37.8 Å². The number of aromatic nitrogens is 2. The van der Waals surface area contributed by atoms with Crippen LogP contribution in [0.1, 0.15) is 56.3 Å². The van der Waals surface area contributed by atoms with Gasteiger partial charge in [0.2, 0.25) is 17.7 Å². The Balaban J connectivity index is 1.54. The summed E-state index contributed by atoms with van der Waals surface area (Å²) in [4.78, 5) is 31.0. The predicted octanol–water partition coefficient (Wildman–Crippen LogP) is 3.31. The van der Waals surface area contributed by atoms with Gasteiger partial charge in [-0.15, -0.1) is 0 Å². The average Bonchev–Trinajstić information content (AvgIpc) is 3.11. The Kier molecular flexibility index (Phi) is 6.44. The molecule has 2 amide bonds. The number of nitrogens with zero attached hydrogens (tertiary/aromatic N) is 3. The lowest BCUT2D eigenvalue weighted by atomic mass is 9.97. The van der Waals surface area contributed by atoms with Crippen LogP contribution < -0.4 is 5.32 Å². The number of likely N-dealkylation sites (tertiary alicyclic amines) is 1. The molecule has 3 rings (SSSR count). The maximum Gasteiger partial charge on any atom is 0.233 e. The van der Waals surface area contributed by atoms with Gasteiger partial charge in [-0.1, -0.05) is 36.7 Å². The highest BCUT2D eigenvalue weighted by Gasteiger charge is 2.29. The zero-order valence-corrected chi connectivity index (χ0v) is 16.8. The minimum atomic E-state index is -0.298. The number of carbonyl (C=O) groups is 2. The summed E-state index contributed by atoms with van der Waals surface area (Å²) >= 11 is 0. The van der Waals surface area contributed by atoms with Crippen LogP contribution in [0.3, 0.4) is 0 Å². The fourth-order valence-corrected chi connectivity index (χ4v) is 3.38. The Morgan fingerprint density at radius 2 is 2.04 bits per heavy atom. The van der Waals surface area contributed by atoms with Crippen LogP contribution in [0.5, 0.6) is 0 Å². The van der Waals surface area contributed by atoms with E-state index in [0.29, 0.717) is 36.4 Å². The standard InChI is InChI=1S/C21H28N4O3/c1-14(2)11-18-23-21(28-24-18)16-5-4-10-25(13-16)20(27)12-19(26)22-17-8-6-15(3)7-9-17/h6-9,14,16H,4-5,10-13H2,1-3H3,(H,22,26). The second kappa shape index (κ2) is 8.99. The number of benzene rings is 1. The highest BCUT2D eigenvalue weighted by molar-refractivity contribution is 6.03. The van der Waals surface area contributed by atoms with Gasteiger partial charge >= 0.3 is 0 Å². The minimum Gasteiger partial charge on any atom is -0.341 e. The van der Waals surface area contributed by atoms with Crippen molar-refractivity contribution >= 4 is 17.5 Å². The fraction of sp³-hybridized carbons (Fsp3) is 0.524. The monoisotopic (exact) mass is 384 g/mol. The van der Waals surface area contributed by atoms with E-state index in [1.807, 2.05) is 31.2 Å². The molecule has 1 unspecified atom stereocenters. The second-order valence-corrected chi connectivity index (χ2v) is 7.92. The predicted molar refractivity (Wildman–Crippen MR) is 106 cm³/mol. The lowest BCUT2D eigenvalue weighted by Gasteiger charge is -2.31. The minimum absolute atomic E-state index is 0.0336. The van der Waals surface area contributed by atoms with Crippen LogP contribution in [0.2, 0.25) is 0 Å². The van der Waals surface area contributed by atoms with Gasteiger partial charge in [-0.25, -0.2) is 0 Å². The lowest BCUT2D eigenvalue weighted by molar-refractivity contribution is -0.135. The van der Waals surface area contributed by atoms with Crippen LogP contribution in [-0.2, 0) is 16.0 Å². The van der Waals surface area contributed by atoms with Crippen LogP contribution in [0, 0.1) is 12.8 Å². The number of hydrogen-bond donors (Lipinski definition) is 1. The molecule has 0 saturated carbocycles. The van der Waals surface area contributed by atoms with Crippen LogP contribution in [-0.4, -0.2) is 39.9 Å². The molecule has 1 aliphatic rings. The molecule has 1 saturated heterocycles. The normalized spacial score (nSPS) is 17.0. The third-order valence-electron chi connectivity index (χ3n) is 4.85. The topological polar surface area (TPSA) is 88.3 Å². The van der Waals surface area contributed by atoms with Crippen molar-refractivity contribution in [2.75, 3.05) is 18.4 Å². The van der Waals surface area contributed by atoms with Crippen molar-refractivity contribution < 1.29 is 14.1 Å². The summed E-state index contributed by atoms with van der Waals surface area (Å²) in [6.45, 7) is 7.37. The molecule has 1 aromatic heterocycles. The first kappa shape index (κ1) is 20.0. The third kappa shape index (κ3) is 5.41. The van der Waals surface area contributed by atoms with E-state index in [1.165, 1.54) is 0 Å². The lowest BCUT2D eigenvalue weighted by Crippen LogP contribution is -2.40. The van der Waals surface area contributed by atoms with Crippen molar-refractivity contribution in [2.45, 2.75) is 52.4 Å². The largest absolute Gasteiger partial charge is 0.341 e. The van der Waals surface area contributed by atoms with E-state index in [9.17, 15) is 9.59 Å². The summed E-state index contributed by atoms with van der Waals surface area (Å²) < 4.78 is 5.42. The molecular weight excluding hydrogens is 356 g/mol. The maximum absolute atomic E-state index is 12.6. The molecule has 150 valence electrons. The maximum atomic E-state index is 12.6. The van der Waals surface area contributed by atoms with E-state index in [-0.39, 0.29) is 24.2 Å². The summed E-state index contributed by atoms with van der Waals surface area (Å²) in [6, 6.07) is 7.51. The first-order valence-corrected chi connectivity index (χ1v) is 9.87. The van der Waals surface area contributed by atoms with E-state index >= 15 is 0 Å². The molecule has 1 N–H and O–H groups in total. The SMILES string of the molecule is Cc1ccc(NC(=O)CC(=O)N2CCCC(c3nc(CC(C)C)no3)C2)cc1. The van der Waals surface area contributed by atoms with Gasteiger partial charge in [-0.2, -0.15) is 4.98 Å². The third-order valence-corrected chi connectivity index (χ3v) is 4.85. The zero-order valence-electron chi connectivity index (χ0n) is 16.8. The van der Waals surface area contributed by atoms with Gasteiger partial charge in [0.1, 0.15) is 6.42 Å². The number of rotatable bonds is 6. The molecule has 28 heavy (non-hydrogen) atoms. The van der Waals surface area contributed by atoms with Crippen molar-refractivity contribution in [1.82, 2.24) is 15.0 Å². The van der Waals surface area contributed by atoms with Crippen molar-refractivity contribution in [3.05, 3.63) is 41.5 Å². The molecule has 1 aliphatic heterocycles. The van der Waals surface area contributed by atoms with Gasteiger partial charge in [0.05, 0.1) is 5.92 Å². The number of hydrogen-bond acceptors (Lipinski definition) is 5. The second-order valence-electron chi connectivity index (χ2n) is 7.92. The Bertz CT molecular complexity index is 813. The van der Waals surface area contributed by atoms with E-state index < -0.39 is 0 Å². The number of aryl methyl sites for hydroxylation is 1. The van der Waals surface area contributed by atoms with Gasteiger partial charge < -0.3 is 14.7 Å². The number of carbonyl (C=O) groups excluding carboxylic acids is 2. The number of piperidine rings is 1. The smallest absolute Gasteiger partial charge is 0.233 e. The molecule has 1 fully saturated rings. The van der Waals surface area contributed by atoms with E-state index in [4.69, 9.17) is 4.52 Å². The molecule has 1 atom stereocenters. The zero-order chi connectivity index (χ0) is 20.1. The average molecular weight is 384 g/mol.